The van der Waals surface area contributed by atoms with Crippen molar-refractivity contribution in [2.45, 2.75) is 38.7 Å². The lowest BCUT2D eigenvalue weighted by Crippen LogP contribution is -2.55. The number of ether oxygens (including phenoxy) is 2. The van der Waals surface area contributed by atoms with Gasteiger partial charge in [-0.05, 0) is 44.0 Å². The summed E-state index contributed by atoms with van der Waals surface area (Å²) in [6, 6.07) is 14.2. The first-order valence-corrected chi connectivity index (χ1v) is 8.88. The van der Waals surface area contributed by atoms with Gasteiger partial charge in [0.1, 0.15) is 6.10 Å². The zero-order chi connectivity index (χ0) is 18.9. The van der Waals surface area contributed by atoms with E-state index in [4.69, 9.17) is 26.8 Å². The third-order valence-corrected chi connectivity index (χ3v) is 4.72. The van der Waals surface area contributed by atoms with Gasteiger partial charge in [0.25, 0.3) is 0 Å². The summed E-state index contributed by atoms with van der Waals surface area (Å²) in [5.41, 5.74) is 8.22. The molecule has 0 unspecified atom stereocenters. The monoisotopic (exact) mass is 374 g/mol. The molecule has 0 saturated carbocycles. The van der Waals surface area contributed by atoms with E-state index >= 15 is 0 Å². The van der Waals surface area contributed by atoms with Crippen LogP contribution < -0.4 is 10.6 Å². The van der Waals surface area contributed by atoms with Crippen molar-refractivity contribution in [3.05, 3.63) is 64.7 Å². The van der Waals surface area contributed by atoms with Gasteiger partial charge in [0.05, 0.1) is 23.4 Å². The molecule has 138 valence electrons. The van der Waals surface area contributed by atoms with E-state index in [0.29, 0.717) is 10.7 Å². The fraction of sp³-hybridized carbons (Fsp3) is 0.350. The quantitative estimate of drug-likeness (QED) is 0.864. The normalized spacial score (nSPS) is 22.0. The molecule has 6 heteroatoms. The lowest BCUT2D eigenvalue weighted by molar-refractivity contribution is -0.281. The Hall–Kier alpha value is -2.08. The smallest absolute Gasteiger partial charge is 0.319 e. The molecule has 1 saturated heterocycles. The number of benzene rings is 2. The maximum absolute atomic E-state index is 12.4. The molecule has 2 aromatic rings. The van der Waals surface area contributed by atoms with Crippen molar-refractivity contribution >= 4 is 23.3 Å². The predicted molar refractivity (Wildman–Crippen MR) is 102 cm³/mol. The zero-order valence-corrected chi connectivity index (χ0v) is 15.9. The Morgan fingerprint density at radius 2 is 1.92 bits per heavy atom. The van der Waals surface area contributed by atoms with Gasteiger partial charge in [-0.1, -0.05) is 48.0 Å². The molecule has 3 rings (SSSR count). The minimum Gasteiger partial charge on any atom is -0.351 e. The lowest BCUT2D eigenvalue weighted by Gasteiger charge is -2.45. The van der Waals surface area contributed by atoms with Crippen molar-refractivity contribution < 1.29 is 14.3 Å². The van der Waals surface area contributed by atoms with Crippen molar-refractivity contribution in [2.75, 3.05) is 11.5 Å². The summed E-state index contributed by atoms with van der Waals surface area (Å²) in [6.07, 6.45) is -0.398. The van der Waals surface area contributed by atoms with Crippen LogP contribution in [0.25, 0.3) is 0 Å². The highest BCUT2D eigenvalue weighted by Crippen LogP contribution is 2.39. The molecular weight excluding hydrogens is 352 g/mol. The molecule has 0 bridgehead atoms. The first kappa shape index (κ1) is 18.7. The summed E-state index contributed by atoms with van der Waals surface area (Å²) >= 11 is 6.41. The van der Waals surface area contributed by atoms with E-state index in [0.717, 1.165) is 11.1 Å². The van der Waals surface area contributed by atoms with Gasteiger partial charge in [0.15, 0.2) is 5.79 Å². The second-order valence-electron chi connectivity index (χ2n) is 6.89. The molecule has 0 aliphatic carbocycles. The van der Waals surface area contributed by atoms with Crippen LogP contribution in [0.4, 0.5) is 10.5 Å². The Labute approximate surface area is 158 Å². The number of anilines is 1. The molecule has 5 nitrogen and oxygen atoms in total. The zero-order valence-electron chi connectivity index (χ0n) is 15.1. The van der Waals surface area contributed by atoms with Crippen molar-refractivity contribution in [1.29, 1.82) is 0 Å². The minimum absolute atomic E-state index is 0.277. The van der Waals surface area contributed by atoms with Gasteiger partial charge in [0, 0.05) is 0 Å². The average molecular weight is 375 g/mol. The molecule has 0 spiro atoms. The van der Waals surface area contributed by atoms with E-state index in [1.807, 2.05) is 57.2 Å². The van der Waals surface area contributed by atoms with Crippen molar-refractivity contribution in [2.24, 2.45) is 5.73 Å². The number of aryl methyl sites for hydroxylation is 1. The largest absolute Gasteiger partial charge is 0.351 e. The molecule has 2 atom stereocenters. The molecular formula is C20H23ClN2O3. The fourth-order valence-corrected chi connectivity index (χ4v) is 3.53. The number of hydrogen-bond donors (Lipinski definition) is 1. The molecule has 2 aromatic carbocycles. The second-order valence-corrected chi connectivity index (χ2v) is 7.30. The number of carbonyl (C=O) groups excluding carboxylic acids is 1. The van der Waals surface area contributed by atoms with Crippen LogP contribution in [-0.2, 0) is 9.47 Å². The molecule has 1 fully saturated rings. The molecule has 1 aliphatic rings. The Morgan fingerprint density at radius 3 is 2.54 bits per heavy atom. The SMILES string of the molecule is Cc1ccc(N(C(N)=O)[C@H]2COC(C)(C)O[C@@H]2c2ccccc2)c(Cl)c1. The number of carbonyl (C=O) groups is 1. The molecule has 26 heavy (non-hydrogen) atoms. The van der Waals surface area contributed by atoms with Crippen LogP contribution in [0.1, 0.15) is 31.1 Å². The highest BCUT2D eigenvalue weighted by Gasteiger charge is 2.42. The van der Waals surface area contributed by atoms with Crippen LogP contribution in [0.15, 0.2) is 48.5 Å². The highest BCUT2D eigenvalue weighted by atomic mass is 35.5. The van der Waals surface area contributed by atoms with E-state index < -0.39 is 24.0 Å². The van der Waals surface area contributed by atoms with Gasteiger partial charge in [-0.2, -0.15) is 0 Å². The van der Waals surface area contributed by atoms with E-state index in [2.05, 4.69) is 0 Å². The maximum atomic E-state index is 12.4. The summed E-state index contributed by atoms with van der Waals surface area (Å²) in [6.45, 7) is 5.92. The summed E-state index contributed by atoms with van der Waals surface area (Å²) in [4.78, 5) is 13.8. The van der Waals surface area contributed by atoms with Crippen molar-refractivity contribution in [1.82, 2.24) is 0 Å². The van der Waals surface area contributed by atoms with Crippen LogP contribution in [0.5, 0.6) is 0 Å². The summed E-state index contributed by atoms with van der Waals surface area (Å²) in [5, 5.41) is 0.459. The van der Waals surface area contributed by atoms with E-state index in [1.54, 1.807) is 12.1 Å². The number of nitrogens with zero attached hydrogens (tertiary/aromatic N) is 1. The van der Waals surface area contributed by atoms with Gasteiger partial charge in [-0.25, -0.2) is 4.79 Å². The van der Waals surface area contributed by atoms with E-state index in [-0.39, 0.29) is 6.61 Å². The highest BCUT2D eigenvalue weighted by molar-refractivity contribution is 6.33. The number of amides is 2. The fourth-order valence-electron chi connectivity index (χ4n) is 3.20. The number of urea groups is 1. The van der Waals surface area contributed by atoms with Crippen LogP contribution in [-0.4, -0.2) is 24.5 Å². The number of halogens is 1. The predicted octanol–water partition coefficient (Wildman–Crippen LogP) is 4.43. The number of primary amides is 1. The lowest BCUT2D eigenvalue weighted by atomic mass is 9.98. The summed E-state index contributed by atoms with van der Waals surface area (Å²) < 4.78 is 12.0. The van der Waals surface area contributed by atoms with Gasteiger partial charge in [0.2, 0.25) is 0 Å². The third-order valence-electron chi connectivity index (χ3n) is 4.42. The Kier molecular flexibility index (Phi) is 5.23. The van der Waals surface area contributed by atoms with E-state index in [9.17, 15) is 4.79 Å². The van der Waals surface area contributed by atoms with Gasteiger partial charge >= 0.3 is 6.03 Å². The number of rotatable bonds is 3. The van der Waals surface area contributed by atoms with Crippen molar-refractivity contribution in [3.8, 4) is 0 Å². The molecule has 0 aromatic heterocycles. The van der Waals surface area contributed by atoms with Crippen LogP contribution in [0, 0.1) is 6.92 Å². The molecule has 2 N–H and O–H groups in total. The molecule has 2 amide bonds. The Balaban J connectivity index is 2.05. The number of nitrogens with two attached hydrogens (primary N) is 1. The summed E-state index contributed by atoms with van der Waals surface area (Å²) in [7, 11) is 0. The Morgan fingerprint density at radius 1 is 1.23 bits per heavy atom. The number of hydrogen-bond acceptors (Lipinski definition) is 3. The molecule has 0 radical (unpaired) electrons. The van der Waals surface area contributed by atoms with Gasteiger partial charge in [-0.15, -0.1) is 0 Å². The standard InChI is InChI=1S/C20H23ClN2O3/c1-13-9-10-16(15(21)11-13)23(19(22)24)17-12-25-20(2,3)26-18(17)14-7-5-4-6-8-14/h4-11,17-18H,12H2,1-3H3,(H2,22,24)/t17-,18+/m0/s1. The van der Waals surface area contributed by atoms with Gasteiger partial charge in [-0.3, -0.25) is 4.90 Å². The molecule has 1 aliphatic heterocycles. The third kappa shape index (κ3) is 3.85. The first-order valence-electron chi connectivity index (χ1n) is 8.50. The first-order chi connectivity index (χ1) is 12.3. The van der Waals surface area contributed by atoms with Crippen molar-refractivity contribution in [3.63, 3.8) is 0 Å². The topological polar surface area (TPSA) is 64.8 Å². The average Bonchev–Trinajstić information content (AvgIpc) is 2.58. The van der Waals surface area contributed by atoms with Crippen LogP contribution in [0.2, 0.25) is 5.02 Å². The maximum Gasteiger partial charge on any atom is 0.319 e. The van der Waals surface area contributed by atoms with E-state index in [1.165, 1.54) is 4.90 Å². The molecule has 1 heterocycles. The summed E-state index contributed by atoms with van der Waals surface area (Å²) in [5.74, 6) is -0.766. The Bertz CT molecular complexity index is 795. The second kappa shape index (κ2) is 7.27. The van der Waals surface area contributed by atoms with Gasteiger partial charge < -0.3 is 15.2 Å². The van der Waals surface area contributed by atoms with Crippen LogP contribution in [0.3, 0.4) is 0 Å². The minimum atomic E-state index is -0.766. The van der Waals surface area contributed by atoms with Crippen LogP contribution >= 0.6 is 11.6 Å².